The van der Waals surface area contributed by atoms with Gasteiger partial charge in [0.05, 0.1) is 22.4 Å². The topological polar surface area (TPSA) is 9.86 Å². The quantitative estimate of drug-likeness (QED) is 0.171. The number of benzene rings is 6. The van der Waals surface area contributed by atoms with Crippen LogP contribution in [-0.4, -0.2) is 9.13 Å². The number of rotatable bonds is 2. The summed E-state index contributed by atoms with van der Waals surface area (Å²) in [7, 11) is 0. The average Bonchev–Trinajstić information content (AvgIpc) is 3.58. The van der Waals surface area contributed by atoms with E-state index in [1.165, 1.54) is 66.6 Å². The first-order valence-corrected chi connectivity index (χ1v) is 16.3. The van der Waals surface area contributed by atoms with E-state index >= 15 is 0 Å². The van der Waals surface area contributed by atoms with Crippen LogP contribution in [0.3, 0.4) is 0 Å². The lowest BCUT2D eigenvalue weighted by atomic mass is 9.84. The Bertz CT molecular complexity index is 2220. The molecule has 0 saturated carbocycles. The molecule has 0 amide bonds. The molecule has 0 fully saturated rings. The fraction of sp³-hybridized carbons (Fsp3) is 0. The Labute approximate surface area is 272 Å². The largest absolute Gasteiger partial charge is 0.309 e. The highest BCUT2D eigenvalue weighted by molar-refractivity contribution is 9.10. The molecule has 1 aliphatic rings. The average molecular weight is 692 g/mol. The van der Waals surface area contributed by atoms with E-state index < -0.39 is 0 Å². The molecule has 0 N–H and O–H groups in total. The number of halogens is 2. The third kappa shape index (κ3) is 3.71. The molecule has 0 saturated heterocycles. The molecule has 2 nitrogen and oxygen atoms in total. The second-order valence-electron chi connectivity index (χ2n) is 11.2. The molecule has 6 aromatic carbocycles. The molecule has 208 valence electrons. The Morgan fingerprint density at radius 3 is 1.09 bits per heavy atom. The molecule has 0 bridgehead atoms. The second-order valence-corrected chi connectivity index (χ2v) is 13.0. The van der Waals surface area contributed by atoms with E-state index in [-0.39, 0.29) is 0 Å². The molecular formula is C40H24Br2N2. The van der Waals surface area contributed by atoms with Gasteiger partial charge in [0, 0.05) is 53.3 Å². The predicted octanol–water partition coefficient (Wildman–Crippen LogP) is 12.1. The van der Waals surface area contributed by atoms with Crippen molar-refractivity contribution in [3.8, 4) is 56.1 Å². The van der Waals surface area contributed by atoms with Crippen LogP contribution in [0.25, 0.3) is 77.9 Å². The molecule has 44 heavy (non-hydrogen) atoms. The third-order valence-electron chi connectivity index (χ3n) is 8.82. The molecule has 0 radical (unpaired) electrons. The Kier molecular flexibility index (Phi) is 5.84. The van der Waals surface area contributed by atoms with Gasteiger partial charge in [0.1, 0.15) is 0 Å². The van der Waals surface area contributed by atoms with Crippen LogP contribution in [0, 0.1) is 0 Å². The molecule has 9 rings (SSSR count). The second kappa shape index (κ2) is 9.95. The minimum atomic E-state index is 1.07. The van der Waals surface area contributed by atoms with Gasteiger partial charge in [-0.05, 0) is 71.8 Å². The molecule has 0 spiro atoms. The van der Waals surface area contributed by atoms with Gasteiger partial charge in [0.2, 0.25) is 0 Å². The maximum Gasteiger partial charge on any atom is 0.0625 e. The minimum Gasteiger partial charge on any atom is -0.309 e. The summed E-state index contributed by atoms with van der Waals surface area (Å²) in [5.41, 5.74) is 14.5. The summed E-state index contributed by atoms with van der Waals surface area (Å²) in [6, 6.07) is 52.9. The van der Waals surface area contributed by atoms with Gasteiger partial charge < -0.3 is 9.13 Å². The van der Waals surface area contributed by atoms with Crippen LogP contribution in [0.15, 0.2) is 155 Å². The normalized spacial score (nSPS) is 11.9. The first-order valence-electron chi connectivity index (χ1n) is 14.7. The van der Waals surface area contributed by atoms with Gasteiger partial charge in [-0.1, -0.05) is 117 Å². The zero-order valence-electron chi connectivity index (χ0n) is 23.5. The van der Waals surface area contributed by atoms with Crippen LogP contribution < -0.4 is 0 Å². The highest BCUT2D eigenvalue weighted by Gasteiger charge is 2.31. The van der Waals surface area contributed by atoms with E-state index in [0.717, 1.165) is 20.3 Å². The summed E-state index contributed by atoms with van der Waals surface area (Å²) < 4.78 is 7.03. The van der Waals surface area contributed by atoms with Crippen LogP contribution in [0.1, 0.15) is 0 Å². The summed E-state index contributed by atoms with van der Waals surface area (Å²) in [5, 5.41) is 2.48. The third-order valence-corrected chi connectivity index (χ3v) is 9.88. The zero-order valence-corrected chi connectivity index (χ0v) is 26.7. The van der Waals surface area contributed by atoms with Gasteiger partial charge in [-0.25, -0.2) is 0 Å². The van der Waals surface area contributed by atoms with Gasteiger partial charge in [-0.3, -0.25) is 0 Å². The standard InChI is InChI=1S/C40H24Br2N2/c41-25-17-21-27(22-18-25)43-36-16-8-6-14-34(36)38-30-10-2-4-12-32(30)40-37(29-9-1-3-11-31(29)39(38)43)33-13-5-7-15-35(33)44(40)28-23-19-26(42)20-24-28/h1-24H. The predicted molar refractivity (Wildman–Crippen MR) is 191 cm³/mol. The number of nitrogens with zero attached hydrogens (tertiary/aromatic N) is 2. The van der Waals surface area contributed by atoms with Crippen molar-refractivity contribution in [2.45, 2.75) is 0 Å². The smallest absolute Gasteiger partial charge is 0.0625 e. The first kappa shape index (κ1) is 25.8. The summed E-state index contributed by atoms with van der Waals surface area (Å²) in [4.78, 5) is 0. The molecular weight excluding hydrogens is 668 g/mol. The minimum absolute atomic E-state index is 1.07. The van der Waals surface area contributed by atoms with E-state index in [4.69, 9.17) is 0 Å². The van der Waals surface area contributed by atoms with Gasteiger partial charge in [0.15, 0.2) is 0 Å². The number of hydrogen-bond donors (Lipinski definition) is 0. The van der Waals surface area contributed by atoms with Gasteiger partial charge >= 0.3 is 0 Å². The molecule has 8 aromatic rings. The Morgan fingerprint density at radius 1 is 0.341 bits per heavy atom. The van der Waals surface area contributed by atoms with E-state index in [0.29, 0.717) is 0 Å². The van der Waals surface area contributed by atoms with Crippen molar-refractivity contribution in [1.29, 1.82) is 0 Å². The van der Waals surface area contributed by atoms with Crippen molar-refractivity contribution in [2.75, 3.05) is 0 Å². The SMILES string of the molecule is Brc1ccc(-n2c3c(c4ccccc42)-c2ccccc2-c2c(c4ccccc4n2-c2ccc(Br)cc2)-c2ccccc2-3)cc1. The molecule has 2 heterocycles. The molecule has 0 atom stereocenters. The Hall–Kier alpha value is -4.64. The molecule has 2 aromatic heterocycles. The van der Waals surface area contributed by atoms with Crippen LogP contribution in [0.5, 0.6) is 0 Å². The van der Waals surface area contributed by atoms with Crippen LogP contribution in [-0.2, 0) is 0 Å². The van der Waals surface area contributed by atoms with Crippen molar-refractivity contribution in [3.05, 3.63) is 155 Å². The summed E-state index contributed by atoms with van der Waals surface area (Å²) in [6.07, 6.45) is 0. The van der Waals surface area contributed by atoms with Crippen LogP contribution >= 0.6 is 31.9 Å². The number of para-hydroxylation sites is 2. The maximum absolute atomic E-state index is 3.66. The number of aromatic nitrogens is 2. The summed E-state index contributed by atoms with van der Waals surface area (Å²) in [5.74, 6) is 0. The lowest BCUT2D eigenvalue weighted by Gasteiger charge is -2.23. The van der Waals surface area contributed by atoms with E-state index in [1.807, 2.05) is 0 Å². The lowest BCUT2D eigenvalue weighted by molar-refractivity contribution is 1.12. The molecule has 4 heteroatoms. The van der Waals surface area contributed by atoms with Gasteiger partial charge in [-0.2, -0.15) is 0 Å². The van der Waals surface area contributed by atoms with Gasteiger partial charge in [-0.15, -0.1) is 0 Å². The van der Waals surface area contributed by atoms with E-state index in [9.17, 15) is 0 Å². The monoisotopic (exact) mass is 690 g/mol. The fourth-order valence-electron chi connectivity index (χ4n) is 7.07. The van der Waals surface area contributed by atoms with Crippen molar-refractivity contribution < 1.29 is 0 Å². The lowest BCUT2D eigenvalue weighted by Crippen LogP contribution is -2.03. The number of hydrogen-bond acceptors (Lipinski definition) is 0. The van der Waals surface area contributed by atoms with Crippen LogP contribution in [0.2, 0.25) is 0 Å². The van der Waals surface area contributed by atoms with Crippen molar-refractivity contribution in [1.82, 2.24) is 9.13 Å². The van der Waals surface area contributed by atoms with Crippen molar-refractivity contribution >= 4 is 53.7 Å². The zero-order chi connectivity index (χ0) is 29.4. The highest BCUT2D eigenvalue weighted by Crippen LogP contribution is 2.54. The van der Waals surface area contributed by atoms with Crippen molar-refractivity contribution in [2.24, 2.45) is 0 Å². The van der Waals surface area contributed by atoms with E-state index in [2.05, 4.69) is 187 Å². The molecule has 1 aliphatic carbocycles. The van der Waals surface area contributed by atoms with Crippen molar-refractivity contribution in [3.63, 3.8) is 0 Å². The highest BCUT2D eigenvalue weighted by atomic mass is 79.9. The maximum atomic E-state index is 3.66. The molecule has 0 unspecified atom stereocenters. The van der Waals surface area contributed by atoms with E-state index in [1.54, 1.807) is 0 Å². The summed E-state index contributed by atoms with van der Waals surface area (Å²) in [6.45, 7) is 0. The number of fused-ring (bicyclic) bond motifs is 12. The Morgan fingerprint density at radius 2 is 0.682 bits per heavy atom. The fourth-order valence-corrected chi connectivity index (χ4v) is 7.60. The molecule has 0 aliphatic heterocycles. The summed E-state index contributed by atoms with van der Waals surface area (Å²) >= 11 is 7.31. The Balaban J connectivity index is 1.52. The van der Waals surface area contributed by atoms with Gasteiger partial charge in [0.25, 0.3) is 0 Å². The first-order chi connectivity index (χ1) is 21.7. The van der Waals surface area contributed by atoms with Crippen LogP contribution in [0.4, 0.5) is 0 Å².